The molecule has 0 saturated carbocycles. The Balaban J connectivity index is 2.19. The van der Waals surface area contributed by atoms with Crippen LogP contribution in [0.2, 0.25) is 10.0 Å². The molecule has 0 fully saturated rings. The maximum Gasteiger partial charge on any atom is 0.0603 e. The summed E-state index contributed by atoms with van der Waals surface area (Å²) in [6.07, 6.45) is 2.44. The zero-order valence-electron chi connectivity index (χ0n) is 9.43. The number of hydrogen-bond acceptors (Lipinski definition) is 2. The quantitative estimate of drug-likeness (QED) is 0.583. The number of unbranched alkanes of at least 4 members (excludes halogenated alkanes) is 1. The Morgan fingerprint density at radius 3 is 2.69 bits per heavy atom. The molecule has 0 bridgehead atoms. The topological polar surface area (TPSA) is 12.0 Å². The number of nitrogens with one attached hydrogen (secondary N) is 1. The van der Waals surface area contributed by atoms with Crippen LogP contribution in [-0.2, 0) is 0 Å². The van der Waals surface area contributed by atoms with Crippen molar-refractivity contribution in [1.82, 2.24) is 5.32 Å². The lowest BCUT2D eigenvalue weighted by Gasteiger charge is -2.04. The van der Waals surface area contributed by atoms with E-state index >= 15 is 0 Å². The van der Waals surface area contributed by atoms with Gasteiger partial charge in [-0.2, -0.15) is 0 Å². The second-order valence-electron chi connectivity index (χ2n) is 3.49. The van der Waals surface area contributed by atoms with Gasteiger partial charge in [-0.3, -0.25) is 0 Å². The van der Waals surface area contributed by atoms with E-state index in [1.165, 1.54) is 17.7 Å². The standard InChI is InChI=1S/C12H17Cl2NS/c1-2-15-7-3-4-8-16-10-5-6-11(13)12(14)9-10/h5-6,9,15H,2-4,7-8H2,1H3. The maximum atomic E-state index is 5.94. The molecule has 16 heavy (non-hydrogen) atoms. The lowest BCUT2D eigenvalue weighted by molar-refractivity contribution is 0.666. The van der Waals surface area contributed by atoms with Crippen LogP contribution >= 0.6 is 35.0 Å². The van der Waals surface area contributed by atoms with Gasteiger partial charge < -0.3 is 5.32 Å². The van der Waals surface area contributed by atoms with Crippen LogP contribution in [0, 0.1) is 0 Å². The minimum atomic E-state index is 0.623. The van der Waals surface area contributed by atoms with Gasteiger partial charge in [0.15, 0.2) is 0 Å². The van der Waals surface area contributed by atoms with Crippen molar-refractivity contribution in [2.75, 3.05) is 18.8 Å². The maximum absolute atomic E-state index is 5.94. The summed E-state index contributed by atoms with van der Waals surface area (Å²) in [6, 6.07) is 5.80. The van der Waals surface area contributed by atoms with E-state index in [1.807, 2.05) is 30.0 Å². The number of thioether (sulfide) groups is 1. The third-order valence-electron chi connectivity index (χ3n) is 2.16. The summed E-state index contributed by atoms with van der Waals surface area (Å²) >= 11 is 13.6. The third-order valence-corrected chi connectivity index (χ3v) is 3.98. The highest BCUT2D eigenvalue weighted by Gasteiger charge is 1.99. The molecule has 0 saturated heterocycles. The van der Waals surface area contributed by atoms with Crippen LogP contribution in [0.4, 0.5) is 0 Å². The van der Waals surface area contributed by atoms with Gasteiger partial charge in [-0.05, 0) is 49.9 Å². The second kappa shape index (κ2) is 8.24. The number of hydrogen-bond donors (Lipinski definition) is 1. The van der Waals surface area contributed by atoms with Crippen LogP contribution in [0.15, 0.2) is 23.1 Å². The lowest BCUT2D eigenvalue weighted by atomic mass is 10.3. The average Bonchev–Trinajstić information content (AvgIpc) is 2.28. The molecule has 1 aromatic rings. The number of rotatable bonds is 7. The van der Waals surface area contributed by atoms with E-state index in [0.717, 1.165) is 18.8 Å². The van der Waals surface area contributed by atoms with Crippen molar-refractivity contribution in [3.05, 3.63) is 28.2 Å². The van der Waals surface area contributed by atoms with E-state index in [0.29, 0.717) is 10.0 Å². The van der Waals surface area contributed by atoms with E-state index in [9.17, 15) is 0 Å². The molecule has 1 rings (SSSR count). The van der Waals surface area contributed by atoms with Crippen LogP contribution in [0.1, 0.15) is 19.8 Å². The van der Waals surface area contributed by atoms with Crippen LogP contribution in [0.25, 0.3) is 0 Å². The van der Waals surface area contributed by atoms with E-state index < -0.39 is 0 Å². The molecule has 0 radical (unpaired) electrons. The van der Waals surface area contributed by atoms with Crippen molar-refractivity contribution in [3.8, 4) is 0 Å². The summed E-state index contributed by atoms with van der Waals surface area (Å²) in [5.74, 6) is 1.13. The molecule has 0 amide bonds. The third kappa shape index (κ3) is 5.44. The first kappa shape index (κ1) is 14.2. The Morgan fingerprint density at radius 2 is 2.00 bits per heavy atom. The molecule has 1 nitrogen and oxygen atoms in total. The fraction of sp³-hybridized carbons (Fsp3) is 0.500. The molecular weight excluding hydrogens is 261 g/mol. The van der Waals surface area contributed by atoms with Gasteiger partial charge in [0.2, 0.25) is 0 Å². The summed E-state index contributed by atoms with van der Waals surface area (Å²) in [4.78, 5) is 1.19. The first-order chi connectivity index (χ1) is 7.74. The summed E-state index contributed by atoms with van der Waals surface area (Å²) < 4.78 is 0. The van der Waals surface area contributed by atoms with Crippen LogP contribution in [0.5, 0.6) is 0 Å². The molecule has 90 valence electrons. The fourth-order valence-electron chi connectivity index (χ4n) is 1.29. The van der Waals surface area contributed by atoms with E-state index in [2.05, 4.69) is 12.2 Å². The zero-order valence-corrected chi connectivity index (χ0v) is 11.8. The van der Waals surface area contributed by atoms with Crippen LogP contribution in [-0.4, -0.2) is 18.8 Å². The average molecular weight is 278 g/mol. The molecule has 0 spiro atoms. The van der Waals surface area contributed by atoms with Crippen molar-refractivity contribution >= 4 is 35.0 Å². The molecule has 0 heterocycles. The van der Waals surface area contributed by atoms with Crippen molar-refractivity contribution in [2.45, 2.75) is 24.7 Å². The summed E-state index contributed by atoms with van der Waals surface area (Å²) in [5, 5.41) is 4.58. The molecule has 0 aliphatic heterocycles. The van der Waals surface area contributed by atoms with Crippen molar-refractivity contribution in [2.24, 2.45) is 0 Å². The molecule has 0 aliphatic carbocycles. The molecule has 1 N–H and O–H groups in total. The van der Waals surface area contributed by atoms with Gasteiger partial charge in [-0.25, -0.2) is 0 Å². The fourth-order valence-corrected chi connectivity index (χ4v) is 2.60. The minimum Gasteiger partial charge on any atom is -0.317 e. The van der Waals surface area contributed by atoms with Crippen LogP contribution in [0.3, 0.4) is 0 Å². The van der Waals surface area contributed by atoms with Gasteiger partial charge >= 0.3 is 0 Å². The highest BCUT2D eigenvalue weighted by Crippen LogP contribution is 2.28. The number of benzene rings is 1. The normalized spacial score (nSPS) is 10.7. The SMILES string of the molecule is CCNCCCCSc1ccc(Cl)c(Cl)c1. The summed E-state index contributed by atoms with van der Waals surface area (Å²) in [5.41, 5.74) is 0. The van der Waals surface area contributed by atoms with E-state index in [1.54, 1.807) is 0 Å². The Morgan fingerprint density at radius 1 is 1.19 bits per heavy atom. The first-order valence-corrected chi connectivity index (χ1v) is 7.26. The Labute approximate surface area is 112 Å². The van der Waals surface area contributed by atoms with Gasteiger partial charge in [0.05, 0.1) is 10.0 Å². The van der Waals surface area contributed by atoms with Crippen molar-refractivity contribution in [1.29, 1.82) is 0 Å². The number of halogens is 2. The highest BCUT2D eigenvalue weighted by molar-refractivity contribution is 7.99. The summed E-state index contributed by atoms with van der Waals surface area (Å²) in [6.45, 7) is 4.29. The van der Waals surface area contributed by atoms with E-state index in [4.69, 9.17) is 23.2 Å². The second-order valence-corrected chi connectivity index (χ2v) is 5.47. The van der Waals surface area contributed by atoms with Crippen molar-refractivity contribution < 1.29 is 0 Å². The Hall–Kier alpha value is 0.110. The van der Waals surface area contributed by atoms with Gasteiger partial charge in [0.1, 0.15) is 0 Å². The van der Waals surface area contributed by atoms with Gasteiger partial charge in [0, 0.05) is 4.90 Å². The molecule has 0 atom stereocenters. The zero-order chi connectivity index (χ0) is 11.8. The molecule has 0 aromatic heterocycles. The molecular formula is C12H17Cl2NS. The molecule has 1 aromatic carbocycles. The van der Waals surface area contributed by atoms with Gasteiger partial charge in [-0.1, -0.05) is 30.1 Å². The summed E-state index contributed by atoms with van der Waals surface area (Å²) in [7, 11) is 0. The first-order valence-electron chi connectivity index (χ1n) is 5.52. The van der Waals surface area contributed by atoms with Gasteiger partial charge in [-0.15, -0.1) is 11.8 Å². The smallest absolute Gasteiger partial charge is 0.0603 e. The van der Waals surface area contributed by atoms with Crippen LogP contribution < -0.4 is 5.32 Å². The highest BCUT2D eigenvalue weighted by atomic mass is 35.5. The Bertz CT molecular complexity index is 318. The van der Waals surface area contributed by atoms with Gasteiger partial charge in [0.25, 0.3) is 0 Å². The van der Waals surface area contributed by atoms with Crippen molar-refractivity contribution in [3.63, 3.8) is 0 Å². The lowest BCUT2D eigenvalue weighted by Crippen LogP contribution is -2.13. The van der Waals surface area contributed by atoms with E-state index in [-0.39, 0.29) is 0 Å². The Kier molecular flexibility index (Phi) is 7.30. The monoisotopic (exact) mass is 277 g/mol. The minimum absolute atomic E-state index is 0.623. The largest absolute Gasteiger partial charge is 0.317 e. The molecule has 4 heteroatoms. The predicted molar refractivity (Wildman–Crippen MR) is 75.0 cm³/mol. The predicted octanol–water partition coefficient (Wildman–Crippen LogP) is 4.48. The molecule has 0 aliphatic rings. The molecule has 0 unspecified atom stereocenters.